The van der Waals surface area contributed by atoms with E-state index in [1.54, 1.807) is 0 Å². The number of carbonyl (C=O) groups is 3. The zero-order valence-corrected chi connectivity index (χ0v) is 16.9. The summed E-state index contributed by atoms with van der Waals surface area (Å²) < 4.78 is 5.07. The molecule has 28 heavy (non-hydrogen) atoms. The summed E-state index contributed by atoms with van der Waals surface area (Å²) in [5, 5.41) is 5.73. The first-order valence-corrected chi connectivity index (χ1v) is 9.31. The number of amides is 2. The molecule has 0 bridgehead atoms. The molecule has 0 aliphatic heterocycles. The van der Waals surface area contributed by atoms with Crippen molar-refractivity contribution in [3.8, 4) is 0 Å². The average molecular weight is 423 g/mol. The minimum atomic E-state index is -0.999. The molecule has 0 radical (unpaired) electrons. The quantitative estimate of drug-likeness (QED) is 0.668. The van der Waals surface area contributed by atoms with E-state index in [2.05, 4.69) is 10.6 Å². The predicted molar refractivity (Wildman–Crippen MR) is 107 cm³/mol. The van der Waals surface area contributed by atoms with Gasteiger partial charge in [0, 0.05) is 5.56 Å². The molecule has 0 saturated carbocycles. The van der Waals surface area contributed by atoms with Crippen molar-refractivity contribution >= 4 is 41.0 Å². The van der Waals surface area contributed by atoms with Gasteiger partial charge in [-0.05, 0) is 37.6 Å². The molecule has 0 spiro atoms. The molecule has 2 aromatic carbocycles. The highest BCUT2D eigenvalue weighted by Gasteiger charge is 2.20. The molecular weight excluding hydrogens is 403 g/mol. The normalized spacial score (nSPS) is 12.6. The van der Waals surface area contributed by atoms with E-state index in [9.17, 15) is 14.4 Å². The number of esters is 1. The lowest BCUT2D eigenvalue weighted by atomic mass is 10.1. The van der Waals surface area contributed by atoms with E-state index in [-0.39, 0.29) is 23.2 Å². The lowest BCUT2D eigenvalue weighted by Crippen LogP contribution is -2.39. The molecule has 2 rings (SSSR count). The molecule has 148 valence electrons. The largest absolute Gasteiger partial charge is 0.451 e. The second-order valence-electron chi connectivity index (χ2n) is 6.08. The molecule has 2 atom stereocenters. The Labute approximate surface area is 173 Å². The summed E-state index contributed by atoms with van der Waals surface area (Å²) in [5.41, 5.74) is 1.19. The maximum atomic E-state index is 12.2. The number of hydrogen-bond donors (Lipinski definition) is 2. The van der Waals surface area contributed by atoms with E-state index in [0.29, 0.717) is 5.02 Å². The maximum absolute atomic E-state index is 12.2. The van der Waals surface area contributed by atoms with Crippen LogP contribution in [0, 0.1) is 0 Å². The third-order valence-electron chi connectivity index (χ3n) is 3.91. The number of halogens is 2. The van der Waals surface area contributed by atoms with Crippen LogP contribution >= 0.6 is 23.2 Å². The molecule has 8 heteroatoms. The Kier molecular flexibility index (Phi) is 7.84. The van der Waals surface area contributed by atoms with Crippen LogP contribution in [0.3, 0.4) is 0 Å². The molecular formula is C20H20Cl2N2O4. The highest BCUT2D eigenvalue weighted by Crippen LogP contribution is 2.22. The lowest BCUT2D eigenvalue weighted by molar-refractivity contribution is -0.154. The Bertz CT molecular complexity index is 859. The van der Waals surface area contributed by atoms with Gasteiger partial charge in [0.05, 0.1) is 16.1 Å². The van der Waals surface area contributed by atoms with Crippen molar-refractivity contribution in [1.29, 1.82) is 0 Å². The van der Waals surface area contributed by atoms with E-state index < -0.39 is 23.9 Å². The highest BCUT2D eigenvalue weighted by molar-refractivity contribution is 6.42. The molecule has 2 amide bonds. The Morgan fingerprint density at radius 1 is 1.00 bits per heavy atom. The fraction of sp³-hybridized carbons (Fsp3) is 0.250. The van der Waals surface area contributed by atoms with Gasteiger partial charge < -0.3 is 15.4 Å². The van der Waals surface area contributed by atoms with Crippen molar-refractivity contribution in [3.05, 3.63) is 69.7 Å². The van der Waals surface area contributed by atoms with Crippen molar-refractivity contribution in [2.24, 2.45) is 0 Å². The summed E-state index contributed by atoms with van der Waals surface area (Å²) in [6.45, 7) is 2.91. The summed E-state index contributed by atoms with van der Waals surface area (Å²) >= 11 is 11.7. The van der Waals surface area contributed by atoms with Gasteiger partial charge in [-0.15, -0.1) is 0 Å². The molecule has 6 nitrogen and oxygen atoms in total. The molecule has 0 aromatic heterocycles. The first kappa shape index (κ1) is 21.7. The summed E-state index contributed by atoms with van der Waals surface area (Å²) in [6.07, 6.45) is -0.999. The van der Waals surface area contributed by atoms with Crippen LogP contribution in [0.5, 0.6) is 0 Å². The molecule has 2 N–H and O–H groups in total. The van der Waals surface area contributed by atoms with Crippen molar-refractivity contribution in [3.63, 3.8) is 0 Å². The highest BCUT2D eigenvalue weighted by atomic mass is 35.5. The monoisotopic (exact) mass is 422 g/mol. The smallest absolute Gasteiger partial charge is 0.326 e. The second kappa shape index (κ2) is 10.1. The number of carbonyl (C=O) groups excluding carboxylic acids is 3. The van der Waals surface area contributed by atoms with Gasteiger partial charge in [-0.25, -0.2) is 0 Å². The first-order chi connectivity index (χ1) is 13.3. The van der Waals surface area contributed by atoms with Crippen molar-refractivity contribution in [1.82, 2.24) is 10.6 Å². The molecule has 0 aliphatic rings. The topological polar surface area (TPSA) is 84.5 Å². The van der Waals surface area contributed by atoms with Crippen LogP contribution in [0.25, 0.3) is 0 Å². The van der Waals surface area contributed by atoms with E-state index in [0.717, 1.165) is 5.56 Å². The fourth-order valence-corrected chi connectivity index (χ4v) is 2.64. The van der Waals surface area contributed by atoms with E-state index in [4.69, 9.17) is 27.9 Å². The van der Waals surface area contributed by atoms with Gasteiger partial charge in [0.25, 0.3) is 11.8 Å². The molecule has 0 heterocycles. The minimum Gasteiger partial charge on any atom is -0.451 e. The zero-order chi connectivity index (χ0) is 20.7. The number of benzene rings is 2. The molecule has 0 saturated heterocycles. The van der Waals surface area contributed by atoms with Crippen LogP contribution < -0.4 is 10.6 Å². The lowest BCUT2D eigenvalue weighted by Gasteiger charge is -2.18. The summed E-state index contributed by atoms with van der Waals surface area (Å²) in [7, 11) is 0. The van der Waals surface area contributed by atoms with Crippen LogP contribution in [0.4, 0.5) is 0 Å². The van der Waals surface area contributed by atoms with Gasteiger partial charge in [0.1, 0.15) is 6.54 Å². The van der Waals surface area contributed by atoms with Crippen LogP contribution in [0.2, 0.25) is 10.0 Å². The molecule has 2 unspecified atom stereocenters. The standard InChI is InChI=1S/C20H20Cl2N2O4/c1-12(14-6-4-3-5-7-14)24-19(26)13(2)28-18(25)11-23-20(27)15-8-9-16(21)17(22)10-15/h3-10,12-13H,11H2,1-2H3,(H,23,27)(H,24,26). The first-order valence-electron chi connectivity index (χ1n) is 8.56. The van der Waals surface area contributed by atoms with E-state index in [1.807, 2.05) is 37.3 Å². The van der Waals surface area contributed by atoms with Crippen LogP contribution in [0.1, 0.15) is 35.8 Å². The number of rotatable bonds is 7. The van der Waals surface area contributed by atoms with Crippen LogP contribution in [-0.2, 0) is 14.3 Å². The summed E-state index contributed by atoms with van der Waals surface area (Å²) in [6, 6.07) is 13.5. The van der Waals surface area contributed by atoms with Crippen LogP contribution in [-0.4, -0.2) is 30.4 Å². The third-order valence-corrected chi connectivity index (χ3v) is 4.65. The third kappa shape index (κ3) is 6.25. The molecule has 0 aliphatic carbocycles. The predicted octanol–water partition coefficient (Wildman–Crippen LogP) is 3.53. The van der Waals surface area contributed by atoms with Gasteiger partial charge in [-0.3, -0.25) is 14.4 Å². The van der Waals surface area contributed by atoms with Gasteiger partial charge >= 0.3 is 5.97 Å². The van der Waals surface area contributed by atoms with Crippen molar-refractivity contribution < 1.29 is 19.1 Å². The fourth-order valence-electron chi connectivity index (χ4n) is 2.34. The molecule has 0 fully saturated rings. The van der Waals surface area contributed by atoms with Crippen molar-refractivity contribution in [2.75, 3.05) is 6.54 Å². The Morgan fingerprint density at radius 2 is 1.68 bits per heavy atom. The minimum absolute atomic E-state index is 0.231. The second-order valence-corrected chi connectivity index (χ2v) is 6.90. The number of nitrogens with one attached hydrogen (secondary N) is 2. The maximum Gasteiger partial charge on any atom is 0.326 e. The van der Waals surface area contributed by atoms with Crippen molar-refractivity contribution in [2.45, 2.75) is 26.0 Å². The van der Waals surface area contributed by atoms with E-state index in [1.165, 1.54) is 25.1 Å². The Morgan fingerprint density at radius 3 is 2.32 bits per heavy atom. The molecule has 2 aromatic rings. The number of ether oxygens (including phenoxy) is 1. The van der Waals surface area contributed by atoms with Crippen LogP contribution in [0.15, 0.2) is 48.5 Å². The SMILES string of the molecule is CC(OC(=O)CNC(=O)c1ccc(Cl)c(Cl)c1)C(=O)NC(C)c1ccccc1. The summed E-state index contributed by atoms with van der Waals surface area (Å²) in [4.78, 5) is 36.1. The average Bonchev–Trinajstić information content (AvgIpc) is 2.68. The zero-order valence-electron chi connectivity index (χ0n) is 15.4. The van der Waals surface area contributed by atoms with Gasteiger partial charge in [-0.1, -0.05) is 53.5 Å². The summed E-state index contributed by atoms with van der Waals surface area (Å²) in [5.74, 6) is -1.67. The Balaban J connectivity index is 1.80. The van der Waals surface area contributed by atoms with E-state index >= 15 is 0 Å². The van der Waals surface area contributed by atoms with Gasteiger partial charge in [0.15, 0.2) is 6.10 Å². The Hall–Kier alpha value is -2.57. The van der Waals surface area contributed by atoms with Gasteiger partial charge in [-0.2, -0.15) is 0 Å². The number of hydrogen-bond acceptors (Lipinski definition) is 4. The van der Waals surface area contributed by atoms with Gasteiger partial charge in [0.2, 0.25) is 0 Å².